The van der Waals surface area contributed by atoms with Crippen molar-refractivity contribution in [1.82, 2.24) is 15.7 Å². The smallest absolute Gasteiger partial charge is 0.332 e. The lowest BCUT2D eigenvalue weighted by Crippen LogP contribution is -2.39. The van der Waals surface area contributed by atoms with E-state index in [-0.39, 0.29) is 44.5 Å². The van der Waals surface area contributed by atoms with E-state index < -0.39 is 17.8 Å². The molecule has 0 bridgehead atoms. The van der Waals surface area contributed by atoms with Gasteiger partial charge in [0.15, 0.2) is 0 Å². The number of nitrogens with one attached hydrogen (secondary N) is 2. The molecule has 1 unspecified atom stereocenters. The summed E-state index contributed by atoms with van der Waals surface area (Å²) >= 11 is 0. The fourth-order valence-electron chi connectivity index (χ4n) is 1.99. The van der Waals surface area contributed by atoms with Gasteiger partial charge in [-0.2, -0.15) is 0 Å². The predicted octanol–water partition coefficient (Wildman–Crippen LogP) is 0.00580. The number of hydrogen-bond donors (Lipinski definition) is 3. The number of amides is 4. The zero-order valence-electron chi connectivity index (χ0n) is 15.5. The summed E-state index contributed by atoms with van der Waals surface area (Å²) < 4.78 is 0. The van der Waals surface area contributed by atoms with E-state index in [1.165, 1.54) is 6.92 Å². The van der Waals surface area contributed by atoms with Crippen molar-refractivity contribution in [2.45, 2.75) is 65.8 Å². The maximum atomic E-state index is 10.9. The number of carbonyl (C=O) groups is 5. The Morgan fingerprint density at radius 2 is 1.74 bits per heavy atom. The van der Waals surface area contributed by atoms with Gasteiger partial charge in [0.25, 0.3) is 11.8 Å². The van der Waals surface area contributed by atoms with Gasteiger partial charge in [0.2, 0.25) is 11.8 Å². The highest BCUT2D eigenvalue weighted by Gasteiger charge is 2.32. The quantitative estimate of drug-likeness (QED) is 0.216. The van der Waals surface area contributed by atoms with E-state index in [4.69, 9.17) is 5.73 Å². The molecule has 4 N–H and O–H groups in total. The van der Waals surface area contributed by atoms with E-state index >= 15 is 0 Å². The molecule has 1 heterocycles. The summed E-state index contributed by atoms with van der Waals surface area (Å²) in [6.45, 7) is 3.73. The highest BCUT2D eigenvalue weighted by molar-refractivity contribution is 6.01. The Hall–Kier alpha value is -2.49. The molecule has 0 spiro atoms. The molecule has 1 saturated heterocycles. The summed E-state index contributed by atoms with van der Waals surface area (Å²) in [5.41, 5.74) is 5.14. The molecule has 0 saturated carbocycles. The summed E-state index contributed by atoms with van der Waals surface area (Å²) in [5, 5.41) is 6.08. The average molecular weight is 392 g/mol. The molecule has 0 aromatic heterocycles. The number of likely N-dealkylation sites (N-methyl/N-ethyl adjacent to an activating group) is 1. The van der Waals surface area contributed by atoms with Crippen molar-refractivity contribution in [3.05, 3.63) is 0 Å². The molecule has 1 aliphatic heterocycles. The Morgan fingerprint density at radius 1 is 1.19 bits per heavy atom. The minimum atomic E-state index is -0.571. The van der Waals surface area contributed by atoms with Crippen LogP contribution in [0.1, 0.15) is 59.8 Å². The molecule has 0 aromatic rings. The Kier molecular flexibility index (Phi) is 14.5. The first kappa shape index (κ1) is 26.7. The van der Waals surface area contributed by atoms with E-state index in [9.17, 15) is 24.0 Å². The monoisotopic (exact) mass is 392 g/mol. The number of nitrogens with zero attached hydrogens (tertiary/aromatic N) is 1. The van der Waals surface area contributed by atoms with Gasteiger partial charge in [-0.25, -0.2) is 4.79 Å². The van der Waals surface area contributed by atoms with Crippen LogP contribution in [0.5, 0.6) is 0 Å². The molecule has 156 valence electrons. The first-order valence-corrected chi connectivity index (χ1v) is 8.50. The zero-order valence-corrected chi connectivity index (χ0v) is 15.5. The summed E-state index contributed by atoms with van der Waals surface area (Å²) in [4.78, 5) is 58.2. The SMILES string of the molecule is CC(=O)NCCCCC([15NH][13CH3])C(N)=O.[13CH3]CC(=O)ON1C(=O)CCC1=O.[13CH4]. The van der Waals surface area contributed by atoms with Gasteiger partial charge in [0, 0.05) is 32.7 Å². The normalized spacial score (nSPS) is 13.8. The Bertz CT molecular complexity index is 508. The van der Waals surface area contributed by atoms with E-state index in [1.807, 2.05) is 0 Å². The molecule has 27 heavy (non-hydrogen) atoms. The van der Waals surface area contributed by atoms with E-state index in [0.29, 0.717) is 18.0 Å². The van der Waals surface area contributed by atoms with Crippen molar-refractivity contribution in [3.8, 4) is 0 Å². The largest absolute Gasteiger partial charge is 0.368 e. The number of hydrogen-bond acceptors (Lipinski definition) is 7. The van der Waals surface area contributed by atoms with Crippen molar-refractivity contribution in [2.75, 3.05) is 13.6 Å². The maximum Gasteiger partial charge on any atom is 0.332 e. The van der Waals surface area contributed by atoms with Crippen LogP contribution >= 0.6 is 0 Å². The molecule has 0 radical (unpaired) electrons. The van der Waals surface area contributed by atoms with Crippen LogP contribution < -0.4 is 16.4 Å². The number of hydroxylamine groups is 2. The van der Waals surface area contributed by atoms with Crippen LogP contribution in [0.3, 0.4) is 0 Å². The number of primary amides is 1. The fourth-order valence-corrected chi connectivity index (χ4v) is 1.99. The highest BCUT2D eigenvalue weighted by Crippen LogP contribution is 2.12. The molecule has 1 aliphatic rings. The minimum Gasteiger partial charge on any atom is -0.368 e. The molecule has 4 amide bonds. The van der Waals surface area contributed by atoms with Crippen LogP contribution in [-0.2, 0) is 28.8 Å². The topological polar surface area (TPSA) is 148 Å². The summed E-state index contributed by atoms with van der Waals surface area (Å²) in [6.07, 6.45) is 2.87. The van der Waals surface area contributed by atoms with Crippen molar-refractivity contribution in [1.29, 1.82) is 0 Å². The molecule has 0 aliphatic carbocycles. The Morgan fingerprint density at radius 3 is 2.15 bits per heavy atom. The molecular weight excluding hydrogens is 360 g/mol. The van der Waals surface area contributed by atoms with Crippen molar-refractivity contribution in [3.63, 3.8) is 0 Å². The Balaban J connectivity index is 0. The maximum absolute atomic E-state index is 10.9. The van der Waals surface area contributed by atoms with Crippen LogP contribution in [0.4, 0.5) is 0 Å². The molecule has 10 nitrogen and oxygen atoms in total. The molecule has 10 heteroatoms. The van der Waals surface area contributed by atoms with E-state index in [1.54, 1.807) is 14.0 Å². The first-order chi connectivity index (χ1) is 12.2. The zero-order chi connectivity index (χ0) is 20.1. The van der Waals surface area contributed by atoms with Crippen molar-refractivity contribution < 1.29 is 28.8 Å². The average Bonchev–Trinajstić information content (AvgIpc) is 2.89. The molecular formula is C17H32N4O6. The lowest BCUT2D eigenvalue weighted by atomic mass is 10.1. The fraction of sp³-hybridized carbons (Fsp3) is 0.706. The lowest BCUT2D eigenvalue weighted by Gasteiger charge is -2.11. The summed E-state index contributed by atoms with van der Waals surface area (Å²) in [5.74, 6) is -1.81. The van der Waals surface area contributed by atoms with Crippen LogP contribution in [-0.4, -0.2) is 54.3 Å². The third-order valence-electron chi connectivity index (χ3n) is 3.47. The minimum absolute atomic E-state index is 0. The molecule has 1 fully saturated rings. The molecule has 1 rings (SSSR count). The highest BCUT2D eigenvalue weighted by atomic mass is 16.7. The van der Waals surface area contributed by atoms with Gasteiger partial charge in [-0.3, -0.25) is 19.2 Å². The van der Waals surface area contributed by atoms with Crippen molar-refractivity contribution in [2.24, 2.45) is 5.73 Å². The van der Waals surface area contributed by atoms with E-state index in [2.05, 4.69) is 15.5 Å². The van der Waals surface area contributed by atoms with Gasteiger partial charge in [0.05, 0.1) is 6.04 Å². The van der Waals surface area contributed by atoms with Crippen molar-refractivity contribution >= 4 is 29.6 Å². The molecule has 0 aromatic carbocycles. The Labute approximate surface area is 160 Å². The van der Waals surface area contributed by atoms with Crippen LogP contribution in [0.25, 0.3) is 0 Å². The number of nitrogens with two attached hydrogens (primary N) is 1. The predicted molar refractivity (Wildman–Crippen MR) is 98.8 cm³/mol. The number of imide groups is 1. The lowest BCUT2D eigenvalue weighted by molar-refractivity contribution is -0.197. The van der Waals surface area contributed by atoms with Gasteiger partial charge >= 0.3 is 5.97 Å². The van der Waals surface area contributed by atoms with Crippen LogP contribution in [0, 0.1) is 0 Å². The van der Waals surface area contributed by atoms with Gasteiger partial charge in [0.1, 0.15) is 0 Å². The van der Waals surface area contributed by atoms with Crippen LogP contribution in [0.15, 0.2) is 0 Å². The van der Waals surface area contributed by atoms with E-state index in [0.717, 1.165) is 12.8 Å². The molecule has 1 atom stereocenters. The number of rotatable bonds is 9. The number of unbranched alkanes of at least 4 members (excludes halogenated alkanes) is 1. The second kappa shape index (κ2) is 14.7. The third-order valence-corrected chi connectivity index (χ3v) is 3.47. The number of carbonyl (C=O) groups excluding carboxylic acids is 5. The second-order valence-corrected chi connectivity index (χ2v) is 5.62. The summed E-state index contributed by atoms with van der Waals surface area (Å²) in [7, 11) is 1.71. The van der Waals surface area contributed by atoms with Crippen LogP contribution in [0.2, 0.25) is 0 Å². The van der Waals surface area contributed by atoms with Gasteiger partial charge in [-0.15, -0.1) is 5.06 Å². The van der Waals surface area contributed by atoms with Gasteiger partial charge < -0.3 is 21.2 Å². The third kappa shape index (κ3) is 11.7. The summed E-state index contributed by atoms with van der Waals surface area (Å²) in [6, 6.07) is -0.257. The standard InChI is InChI=1S/C9H19N3O2.C7H9NO4.CH4/c1-7(13)12-6-4-3-5-8(11-2)9(10)14;1-2-7(11)12-8-5(9)3-4-6(8)10;/h8,11H,3-6H2,1-2H3,(H2,10,14)(H,12,13);2-4H2,1H3;1H4/i2+1,11+1;2*1+1. The van der Waals surface area contributed by atoms with Gasteiger partial charge in [-0.05, 0) is 26.3 Å². The first-order valence-electron chi connectivity index (χ1n) is 8.50. The second-order valence-electron chi connectivity index (χ2n) is 5.62. The van der Waals surface area contributed by atoms with Gasteiger partial charge in [-0.1, -0.05) is 14.4 Å².